The molecule has 0 aliphatic heterocycles. The number of carboxylic acids is 2. The first-order valence-electron chi connectivity index (χ1n) is 10.7. The normalized spacial score (nSPS) is 12.2. The summed E-state index contributed by atoms with van der Waals surface area (Å²) in [5.41, 5.74) is 8.46. The number of carbonyl (C=O) groups is 3. The average Bonchev–Trinajstić information content (AvgIpc) is 2.76. The lowest BCUT2D eigenvalue weighted by molar-refractivity contribution is -0.193. The van der Waals surface area contributed by atoms with Gasteiger partial charge < -0.3 is 20.8 Å². The topological polar surface area (TPSA) is 124 Å². The minimum absolute atomic E-state index is 0.00205. The molecule has 1 aromatic carbocycles. The van der Waals surface area contributed by atoms with E-state index in [-0.39, 0.29) is 11.9 Å². The highest BCUT2D eigenvalue weighted by atomic mass is 19.4. The van der Waals surface area contributed by atoms with Gasteiger partial charge in [-0.25, -0.2) is 9.59 Å². The number of carbonyl (C=O) groups excluding carboxylic acids is 1. The second kappa shape index (κ2) is 16.0. The van der Waals surface area contributed by atoms with Crippen molar-refractivity contribution in [3.8, 4) is 0 Å². The summed E-state index contributed by atoms with van der Waals surface area (Å²) in [6.07, 6.45) is -9.58. The first kappa shape index (κ1) is 35.3. The zero-order valence-corrected chi connectivity index (χ0v) is 20.7. The molecule has 0 fully saturated rings. The van der Waals surface area contributed by atoms with E-state index in [1.807, 2.05) is 13.8 Å². The Kier molecular flexibility index (Phi) is 15.7. The molecule has 0 aliphatic carbocycles. The molecule has 4 N–H and O–H groups in total. The molecular formula is C22H33F6N3O5. The molecule has 1 aromatic rings. The number of halogens is 6. The van der Waals surface area contributed by atoms with E-state index in [9.17, 15) is 31.1 Å². The van der Waals surface area contributed by atoms with Gasteiger partial charge in [-0.3, -0.25) is 9.69 Å². The lowest BCUT2D eigenvalue weighted by Gasteiger charge is -2.25. The van der Waals surface area contributed by atoms with Crippen LogP contribution in [0.25, 0.3) is 0 Å². The van der Waals surface area contributed by atoms with E-state index in [0.717, 1.165) is 25.2 Å². The highest BCUT2D eigenvalue weighted by molar-refractivity contribution is 5.82. The molecule has 1 unspecified atom stereocenters. The van der Waals surface area contributed by atoms with Crippen molar-refractivity contribution in [3.63, 3.8) is 0 Å². The Morgan fingerprint density at radius 1 is 0.861 bits per heavy atom. The third-order valence-corrected chi connectivity index (χ3v) is 4.70. The van der Waals surface area contributed by atoms with Crippen molar-refractivity contribution in [3.05, 3.63) is 35.4 Å². The molecule has 0 aliphatic rings. The van der Waals surface area contributed by atoms with Crippen LogP contribution in [-0.4, -0.2) is 82.4 Å². The van der Waals surface area contributed by atoms with Gasteiger partial charge in [-0.2, -0.15) is 26.3 Å². The number of hydrogen-bond acceptors (Lipinski definition) is 5. The molecule has 0 saturated carbocycles. The van der Waals surface area contributed by atoms with Crippen molar-refractivity contribution in [2.75, 3.05) is 20.1 Å². The summed E-state index contributed by atoms with van der Waals surface area (Å²) in [6, 6.07) is 8.15. The van der Waals surface area contributed by atoms with Crippen LogP contribution in [0.5, 0.6) is 0 Å². The Balaban J connectivity index is 0. The van der Waals surface area contributed by atoms with Crippen LogP contribution in [-0.2, 0) is 27.3 Å². The van der Waals surface area contributed by atoms with Crippen LogP contribution in [0, 0.1) is 0 Å². The van der Waals surface area contributed by atoms with Gasteiger partial charge in [0.25, 0.3) is 0 Å². The lowest BCUT2D eigenvalue weighted by atomic mass is 10.0. The van der Waals surface area contributed by atoms with E-state index in [1.165, 1.54) is 5.56 Å². The van der Waals surface area contributed by atoms with Crippen LogP contribution in [0.4, 0.5) is 26.3 Å². The smallest absolute Gasteiger partial charge is 0.475 e. The van der Waals surface area contributed by atoms with Gasteiger partial charge in [0.1, 0.15) is 0 Å². The Morgan fingerprint density at radius 2 is 1.19 bits per heavy atom. The van der Waals surface area contributed by atoms with Crippen LogP contribution in [0.3, 0.4) is 0 Å². The van der Waals surface area contributed by atoms with Gasteiger partial charge in [0.15, 0.2) is 0 Å². The number of amides is 1. The minimum Gasteiger partial charge on any atom is -0.475 e. The number of likely N-dealkylation sites (N-methyl/N-ethyl adjacent to an activating group) is 1. The Bertz CT molecular complexity index is 786. The summed E-state index contributed by atoms with van der Waals surface area (Å²) in [4.78, 5) is 34.0. The van der Waals surface area contributed by atoms with Crippen molar-refractivity contribution in [2.45, 2.75) is 65.1 Å². The third kappa shape index (κ3) is 15.2. The van der Waals surface area contributed by atoms with Crippen molar-refractivity contribution < 1.29 is 50.9 Å². The SMILES string of the molecule is CCN(CC)Cc1ccc(CC(N)C(=O)N(C)C(C)C)cc1.O=C(O)C(F)(F)F.O=C(O)C(F)(F)F. The Morgan fingerprint density at radius 3 is 1.47 bits per heavy atom. The molecule has 1 rings (SSSR count). The molecule has 208 valence electrons. The second-order valence-electron chi connectivity index (χ2n) is 7.74. The molecule has 0 spiro atoms. The fourth-order valence-corrected chi connectivity index (χ4v) is 2.34. The molecule has 1 amide bonds. The highest BCUT2D eigenvalue weighted by Crippen LogP contribution is 2.14. The maximum Gasteiger partial charge on any atom is 0.490 e. The molecular weight excluding hydrogens is 500 g/mol. The molecule has 8 nitrogen and oxygen atoms in total. The zero-order valence-electron chi connectivity index (χ0n) is 20.7. The molecule has 0 radical (unpaired) electrons. The molecule has 0 aromatic heterocycles. The molecule has 0 heterocycles. The van der Waals surface area contributed by atoms with Crippen LogP contribution >= 0.6 is 0 Å². The number of alkyl halides is 6. The van der Waals surface area contributed by atoms with Gasteiger partial charge in [-0.1, -0.05) is 38.1 Å². The summed E-state index contributed by atoms with van der Waals surface area (Å²) in [5.74, 6) is -5.51. The highest BCUT2D eigenvalue weighted by Gasteiger charge is 2.38. The summed E-state index contributed by atoms with van der Waals surface area (Å²) >= 11 is 0. The Hall–Kier alpha value is -2.87. The lowest BCUT2D eigenvalue weighted by Crippen LogP contribution is -2.45. The van der Waals surface area contributed by atoms with Crippen molar-refractivity contribution >= 4 is 17.8 Å². The van der Waals surface area contributed by atoms with E-state index >= 15 is 0 Å². The number of hydrogen-bond donors (Lipinski definition) is 3. The van der Waals surface area contributed by atoms with Crippen molar-refractivity contribution in [1.29, 1.82) is 0 Å². The number of aliphatic carboxylic acids is 2. The van der Waals surface area contributed by atoms with Gasteiger partial charge >= 0.3 is 24.3 Å². The summed E-state index contributed by atoms with van der Waals surface area (Å²) in [7, 11) is 1.81. The standard InChI is InChI=1S/C18H31N3O.2C2HF3O2/c1-6-21(7-2)13-16-10-8-15(9-11-16)12-17(19)18(22)20(5)14(3)4;2*3-2(4,5)1(6)7/h8-11,14,17H,6-7,12-13,19H2,1-5H3;2*(H,6,7). The van der Waals surface area contributed by atoms with E-state index in [1.54, 1.807) is 11.9 Å². The van der Waals surface area contributed by atoms with Crippen molar-refractivity contribution in [1.82, 2.24) is 9.80 Å². The van der Waals surface area contributed by atoms with Crippen LogP contribution in [0.1, 0.15) is 38.8 Å². The summed E-state index contributed by atoms with van der Waals surface area (Å²) in [6.45, 7) is 11.4. The molecule has 0 bridgehead atoms. The maximum atomic E-state index is 12.2. The second-order valence-corrected chi connectivity index (χ2v) is 7.74. The fourth-order valence-electron chi connectivity index (χ4n) is 2.34. The van der Waals surface area contributed by atoms with Crippen LogP contribution in [0.2, 0.25) is 0 Å². The molecule has 1 atom stereocenters. The predicted octanol–water partition coefficient (Wildman–Crippen LogP) is 3.53. The zero-order chi connectivity index (χ0) is 28.9. The average molecular weight is 534 g/mol. The number of carboxylic acid groups (broad SMARTS) is 2. The summed E-state index contributed by atoms with van der Waals surface area (Å²) in [5, 5.41) is 14.2. The third-order valence-electron chi connectivity index (χ3n) is 4.70. The fraction of sp³-hybridized carbons (Fsp3) is 0.591. The van der Waals surface area contributed by atoms with E-state index in [2.05, 4.69) is 43.0 Å². The Labute approximate surface area is 205 Å². The molecule has 0 saturated heterocycles. The number of rotatable bonds is 8. The first-order chi connectivity index (χ1) is 16.3. The largest absolute Gasteiger partial charge is 0.490 e. The molecule has 14 heteroatoms. The van der Waals surface area contributed by atoms with Crippen LogP contribution < -0.4 is 5.73 Å². The maximum absolute atomic E-state index is 12.2. The van der Waals surface area contributed by atoms with Gasteiger partial charge in [-0.05, 0) is 44.5 Å². The van der Waals surface area contributed by atoms with Crippen LogP contribution in [0.15, 0.2) is 24.3 Å². The van der Waals surface area contributed by atoms with E-state index in [0.29, 0.717) is 6.42 Å². The predicted molar refractivity (Wildman–Crippen MR) is 120 cm³/mol. The number of benzene rings is 1. The number of nitrogens with zero attached hydrogens (tertiary/aromatic N) is 2. The van der Waals surface area contributed by atoms with E-state index < -0.39 is 30.3 Å². The quantitative estimate of drug-likeness (QED) is 0.437. The summed E-state index contributed by atoms with van der Waals surface area (Å²) < 4.78 is 63.5. The first-order valence-corrected chi connectivity index (χ1v) is 10.7. The van der Waals surface area contributed by atoms with Crippen molar-refractivity contribution in [2.24, 2.45) is 5.73 Å². The van der Waals surface area contributed by atoms with Gasteiger partial charge in [0.2, 0.25) is 5.91 Å². The van der Waals surface area contributed by atoms with Gasteiger partial charge in [-0.15, -0.1) is 0 Å². The van der Waals surface area contributed by atoms with E-state index in [4.69, 9.17) is 25.5 Å². The minimum atomic E-state index is -5.08. The molecule has 36 heavy (non-hydrogen) atoms. The number of nitrogens with two attached hydrogens (primary N) is 1. The van der Waals surface area contributed by atoms with Gasteiger partial charge in [0, 0.05) is 19.6 Å². The monoisotopic (exact) mass is 533 g/mol. The van der Waals surface area contributed by atoms with Gasteiger partial charge in [0.05, 0.1) is 6.04 Å².